The highest BCUT2D eigenvalue weighted by atomic mass is 15.4. The van der Waals surface area contributed by atoms with Gasteiger partial charge in [0.15, 0.2) is 0 Å². The second-order valence-electron chi connectivity index (χ2n) is 5.37. The Hall–Kier alpha value is -0.940. The summed E-state index contributed by atoms with van der Waals surface area (Å²) in [4.78, 5) is 5.15. The first-order valence-electron chi connectivity index (χ1n) is 6.83. The molecular formula is C14H22N4. The third kappa shape index (κ3) is 2.42. The smallest absolute Gasteiger partial charge is 0.0418 e. The number of nitrogens with two attached hydrogens (primary N) is 1. The van der Waals surface area contributed by atoms with Crippen LogP contribution in [0.25, 0.3) is 0 Å². The summed E-state index contributed by atoms with van der Waals surface area (Å²) in [5.41, 5.74) is 4.40. The van der Waals surface area contributed by atoms with Crippen LogP contribution in [0.1, 0.15) is 5.56 Å². The molecule has 1 aromatic rings. The highest BCUT2D eigenvalue weighted by Crippen LogP contribution is 2.20. The summed E-state index contributed by atoms with van der Waals surface area (Å²) in [6.07, 6.45) is 1.01. The quantitative estimate of drug-likeness (QED) is 0.582. The molecule has 3 aliphatic heterocycles. The van der Waals surface area contributed by atoms with Crippen LogP contribution in [0.15, 0.2) is 30.3 Å². The molecule has 4 nitrogen and oxygen atoms in total. The van der Waals surface area contributed by atoms with E-state index in [9.17, 15) is 0 Å². The van der Waals surface area contributed by atoms with E-state index in [0.29, 0.717) is 12.1 Å². The van der Waals surface area contributed by atoms with Crippen molar-refractivity contribution in [3.63, 3.8) is 0 Å². The number of hydrogen-bond acceptors (Lipinski definition) is 4. The van der Waals surface area contributed by atoms with Crippen molar-refractivity contribution in [3.8, 4) is 0 Å². The second-order valence-corrected chi connectivity index (χ2v) is 5.37. The minimum Gasteiger partial charge on any atom is -0.299 e. The molecule has 0 amide bonds. The van der Waals surface area contributed by atoms with E-state index >= 15 is 0 Å². The molecule has 2 unspecified atom stereocenters. The Morgan fingerprint density at radius 3 is 2.44 bits per heavy atom. The van der Waals surface area contributed by atoms with E-state index in [1.165, 1.54) is 31.7 Å². The monoisotopic (exact) mass is 246 g/mol. The second kappa shape index (κ2) is 5.36. The van der Waals surface area contributed by atoms with E-state index < -0.39 is 0 Å². The molecule has 3 N–H and O–H groups in total. The molecule has 3 heterocycles. The van der Waals surface area contributed by atoms with Crippen LogP contribution in [0.5, 0.6) is 0 Å². The van der Waals surface area contributed by atoms with E-state index in [0.717, 1.165) is 13.0 Å². The Kier molecular flexibility index (Phi) is 3.61. The first-order valence-corrected chi connectivity index (χ1v) is 6.83. The van der Waals surface area contributed by atoms with Gasteiger partial charge in [-0.15, -0.1) is 0 Å². The highest BCUT2D eigenvalue weighted by molar-refractivity contribution is 5.17. The lowest BCUT2D eigenvalue weighted by Gasteiger charge is -2.50. The minimum atomic E-state index is 0.343. The molecule has 3 saturated heterocycles. The molecule has 4 heteroatoms. The fraction of sp³-hybridized carbons (Fsp3) is 0.571. The van der Waals surface area contributed by atoms with Gasteiger partial charge in [-0.2, -0.15) is 0 Å². The molecule has 0 aromatic heterocycles. The van der Waals surface area contributed by atoms with Crippen LogP contribution in [0, 0.1) is 0 Å². The average Bonchev–Trinajstić information content (AvgIpc) is 2.47. The van der Waals surface area contributed by atoms with Gasteiger partial charge in [-0.3, -0.25) is 21.1 Å². The third-order valence-corrected chi connectivity index (χ3v) is 4.30. The summed E-state index contributed by atoms with van der Waals surface area (Å²) in [5, 5.41) is 0. The molecule has 0 aliphatic carbocycles. The van der Waals surface area contributed by atoms with Crippen molar-refractivity contribution in [1.82, 2.24) is 15.2 Å². The first kappa shape index (κ1) is 12.1. The van der Waals surface area contributed by atoms with Gasteiger partial charge in [0.25, 0.3) is 0 Å². The Morgan fingerprint density at radius 2 is 1.89 bits per heavy atom. The van der Waals surface area contributed by atoms with Gasteiger partial charge in [0.1, 0.15) is 0 Å². The Labute approximate surface area is 109 Å². The average molecular weight is 246 g/mol. The zero-order valence-electron chi connectivity index (χ0n) is 10.8. The summed E-state index contributed by atoms with van der Waals surface area (Å²) >= 11 is 0. The van der Waals surface area contributed by atoms with Crippen molar-refractivity contribution in [1.29, 1.82) is 0 Å². The number of nitrogens with one attached hydrogen (secondary N) is 1. The van der Waals surface area contributed by atoms with E-state index in [2.05, 4.69) is 45.6 Å². The van der Waals surface area contributed by atoms with Crippen LogP contribution in [0.2, 0.25) is 0 Å². The van der Waals surface area contributed by atoms with Gasteiger partial charge in [0.2, 0.25) is 0 Å². The number of nitrogens with zero attached hydrogens (tertiary/aromatic N) is 2. The number of piperazine rings is 3. The molecule has 1 aromatic carbocycles. The van der Waals surface area contributed by atoms with Gasteiger partial charge in [-0.05, 0) is 12.0 Å². The summed E-state index contributed by atoms with van der Waals surface area (Å²) < 4.78 is 0. The maximum absolute atomic E-state index is 5.79. The van der Waals surface area contributed by atoms with Crippen LogP contribution in [-0.2, 0) is 6.42 Å². The molecule has 18 heavy (non-hydrogen) atoms. The van der Waals surface area contributed by atoms with Crippen molar-refractivity contribution >= 4 is 0 Å². The van der Waals surface area contributed by atoms with Crippen LogP contribution in [0.3, 0.4) is 0 Å². The van der Waals surface area contributed by atoms with Crippen LogP contribution in [-0.4, -0.2) is 54.6 Å². The lowest BCUT2D eigenvalue weighted by atomic mass is 9.95. The zero-order valence-corrected chi connectivity index (χ0v) is 10.8. The summed E-state index contributed by atoms with van der Waals surface area (Å²) in [6, 6.07) is 11.5. The fourth-order valence-corrected chi connectivity index (χ4v) is 3.21. The summed E-state index contributed by atoms with van der Waals surface area (Å²) in [7, 11) is 0. The topological polar surface area (TPSA) is 44.5 Å². The lowest BCUT2D eigenvalue weighted by Crippen LogP contribution is -2.67. The normalized spacial score (nSPS) is 32.4. The van der Waals surface area contributed by atoms with E-state index in [1.807, 2.05) is 0 Å². The molecule has 0 radical (unpaired) electrons. The maximum Gasteiger partial charge on any atom is 0.0418 e. The van der Waals surface area contributed by atoms with Gasteiger partial charge >= 0.3 is 0 Å². The predicted molar refractivity (Wildman–Crippen MR) is 73.1 cm³/mol. The van der Waals surface area contributed by atoms with Gasteiger partial charge in [-0.1, -0.05) is 30.3 Å². The predicted octanol–water partition coefficient (Wildman–Crippen LogP) is 0.0608. The van der Waals surface area contributed by atoms with E-state index in [1.54, 1.807) is 0 Å². The molecule has 3 fully saturated rings. The summed E-state index contributed by atoms with van der Waals surface area (Å²) in [6.45, 7) is 5.98. The lowest BCUT2D eigenvalue weighted by molar-refractivity contribution is -0.00314. The SMILES string of the molecule is NNC(Cc1ccccc1)C1CN2CCN1CC2. The molecule has 0 spiro atoms. The van der Waals surface area contributed by atoms with Crippen molar-refractivity contribution < 1.29 is 0 Å². The molecule has 0 saturated carbocycles. The number of hydrazine groups is 1. The number of rotatable bonds is 4. The van der Waals surface area contributed by atoms with Crippen LogP contribution >= 0.6 is 0 Å². The Bertz CT molecular complexity index is 373. The van der Waals surface area contributed by atoms with Crippen molar-refractivity contribution in [2.45, 2.75) is 18.5 Å². The summed E-state index contributed by atoms with van der Waals surface area (Å²) in [5.74, 6) is 5.79. The van der Waals surface area contributed by atoms with Crippen LogP contribution in [0.4, 0.5) is 0 Å². The Morgan fingerprint density at radius 1 is 1.17 bits per heavy atom. The van der Waals surface area contributed by atoms with Crippen molar-refractivity contribution in [2.24, 2.45) is 5.84 Å². The maximum atomic E-state index is 5.79. The molecule has 2 bridgehead atoms. The zero-order chi connectivity index (χ0) is 12.4. The van der Waals surface area contributed by atoms with E-state index in [-0.39, 0.29) is 0 Å². The number of hydrogen-bond donors (Lipinski definition) is 2. The number of benzene rings is 1. The van der Waals surface area contributed by atoms with Crippen molar-refractivity contribution in [2.75, 3.05) is 32.7 Å². The van der Waals surface area contributed by atoms with Crippen LogP contribution < -0.4 is 11.3 Å². The first-order chi connectivity index (χ1) is 8.86. The molecule has 4 rings (SSSR count). The van der Waals surface area contributed by atoms with Gasteiger partial charge in [0, 0.05) is 44.8 Å². The Balaban J connectivity index is 1.69. The fourth-order valence-electron chi connectivity index (χ4n) is 3.21. The van der Waals surface area contributed by atoms with Crippen molar-refractivity contribution in [3.05, 3.63) is 35.9 Å². The molecule has 3 aliphatic rings. The standard InChI is InChI=1S/C14H22N4/c15-16-13(10-12-4-2-1-3-5-12)14-11-17-6-8-18(14)9-7-17/h1-5,13-14,16H,6-11,15H2. The highest BCUT2D eigenvalue weighted by Gasteiger charge is 2.36. The van der Waals surface area contributed by atoms with Gasteiger partial charge in [-0.25, -0.2) is 0 Å². The van der Waals surface area contributed by atoms with Gasteiger partial charge in [0.05, 0.1) is 0 Å². The molecule has 2 atom stereocenters. The minimum absolute atomic E-state index is 0.343. The largest absolute Gasteiger partial charge is 0.299 e. The third-order valence-electron chi connectivity index (χ3n) is 4.30. The van der Waals surface area contributed by atoms with Gasteiger partial charge < -0.3 is 0 Å². The number of fused-ring (bicyclic) bond motifs is 3. The van der Waals surface area contributed by atoms with E-state index in [4.69, 9.17) is 5.84 Å². The molecular weight excluding hydrogens is 224 g/mol. The molecule has 98 valence electrons.